The van der Waals surface area contributed by atoms with Gasteiger partial charge in [-0.1, -0.05) is 18.2 Å². The lowest BCUT2D eigenvalue weighted by Gasteiger charge is -2.02. The van der Waals surface area contributed by atoms with Crippen molar-refractivity contribution in [3.63, 3.8) is 0 Å². The number of aromatic carboxylic acids is 1. The van der Waals surface area contributed by atoms with Crippen molar-refractivity contribution in [1.29, 1.82) is 0 Å². The molecule has 6 heteroatoms. The predicted molar refractivity (Wildman–Crippen MR) is 63.0 cm³/mol. The quantitative estimate of drug-likeness (QED) is 0.914. The molecule has 0 unspecified atom stereocenters. The van der Waals surface area contributed by atoms with Gasteiger partial charge >= 0.3 is 5.97 Å². The van der Waals surface area contributed by atoms with Crippen LogP contribution in [0, 0.1) is 0 Å². The van der Waals surface area contributed by atoms with Gasteiger partial charge in [-0.05, 0) is 18.2 Å². The first-order valence-electron chi connectivity index (χ1n) is 5.08. The highest BCUT2D eigenvalue weighted by Crippen LogP contribution is 2.19. The first kappa shape index (κ1) is 12.4. The Morgan fingerprint density at radius 3 is 2.44 bits per heavy atom. The molecule has 0 spiro atoms. The molecule has 1 N–H and O–H groups in total. The average Bonchev–Trinajstić information content (AvgIpc) is 2.78. The Hall–Kier alpha value is -2.08. The fourth-order valence-corrected chi connectivity index (χ4v) is 2.83. The molecular formula is C12H10O5S. The van der Waals surface area contributed by atoms with E-state index < -0.39 is 21.6 Å². The van der Waals surface area contributed by atoms with Crippen LogP contribution in [0.5, 0.6) is 0 Å². The van der Waals surface area contributed by atoms with Crippen molar-refractivity contribution >= 4 is 15.8 Å². The largest absolute Gasteiger partial charge is 0.478 e. The zero-order valence-electron chi connectivity index (χ0n) is 9.24. The van der Waals surface area contributed by atoms with Crippen molar-refractivity contribution in [1.82, 2.24) is 0 Å². The van der Waals surface area contributed by atoms with Crippen LogP contribution in [0.4, 0.5) is 0 Å². The number of carbonyl (C=O) groups is 1. The van der Waals surface area contributed by atoms with Crippen molar-refractivity contribution in [3.05, 3.63) is 54.0 Å². The van der Waals surface area contributed by atoms with Gasteiger partial charge in [-0.25, -0.2) is 13.2 Å². The summed E-state index contributed by atoms with van der Waals surface area (Å²) in [6.45, 7) is 0. The lowest BCUT2D eigenvalue weighted by atomic mass is 10.3. The SMILES string of the molecule is O=C(O)c1ccoc1CS(=O)(=O)c1ccccc1. The highest BCUT2D eigenvalue weighted by atomic mass is 32.2. The predicted octanol–water partition coefficient (Wildman–Crippen LogP) is 1.95. The summed E-state index contributed by atoms with van der Waals surface area (Å²) in [4.78, 5) is 11.0. The zero-order valence-corrected chi connectivity index (χ0v) is 10.1. The number of carboxylic acid groups (broad SMARTS) is 1. The standard InChI is InChI=1S/C12H10O5S/c13-12(14)10-6-7-17-11(10)8-18(15,16)9-4-2-1-3-5-9/h1-7H,8H2,(H,13,14). The third-order valence-electron chi connectivity index (χ3n) is 2.40. The average molecular weight is 266 g/mol. The van der Waals surface area contributed by atoms with Gasteiger partial charge in [0.05, 0.1) is 11.2 Å². The number of hydrogen-bond donors (Lipinski definition) is 1. The minimum absolute atomic E-state index is 0.0636. The molecule has 0 aliphatic carbocycles. The van der Waals surface area contributed by atoms with Gasteiger partial charge in [0.25, 0.3) is 0 Å². The lowest BCUT2D eigenvalue weighted by molar-refractivity contribution is 0.0695. The van der Waals surface area contributed by atoms with Crippen molar-refractivity contribution < 1.29 is 22.7 Å². The summed E-state index contributed by atoms with van der Waals surface area (Å²) in [5.74, 6) is -1.74. The summed E-state index contributed by atoms with van der Waals surface area (Å²) in [6.07, 6.45) is 1.17. The van der Waals surface area contributed by atoms with Crippen LogP contribution in [0.25, 0.3) is 0 Å². The molecule has 18 heavy (non-hydrogen) atoms. The molecule has 0 bridgehead atoms. The summed E-state index contributed by atoms with van der Waals surface area (Å²) in [5.41, 5.74) is -0.130. The van der Waals surface area contributed by atoms with Crippen molar-refractivity contribution in [2.75, 3.05) is 0 Å². The summed E-state index contributed by atoms with van der Waals surface area (Å²) in [5, 5.41) is 8.87. The highest BCUT2D eigenvalue weighted by molar-refractivity contribution is 7.90. The van der Waals surface area contributed by atoms with Crippen LogP contribution in [-0.4, -0.2) is 19.5 Å². The maximum absolute atomic E-state index is 12.0. The second-order valence-electron chi connectivity index (χ2n) is 3.63. The van der Waals surface area contributed by atoms with Crippen LogP contribution in [0.1, 0.15) is 16.1 Å². The Bertz CT molecular complexity index is 655. The van der Waals surface area contributed by atoms with Crippen LogP contribution in [0.2, 0.25) is 0 Å². The maximum Gasteiger partial charge on any atom is 0.339 e. The van der Waals surface area contributed by atoms with Gasteiger partial charge in [-0.3, -0.25) is 0 Å². The Kier molecular flexibility index (Phi) is 3.20. The molecule has 1 aromatic heterocycles. The first-order chi connectivity index (χ1) is 8.50. The molecule has 0 atom stereocenters. The Labute approximate surface area is 104 Å². The van der Waals surface area contributed by atoms with Crippen LogP contribution < -0.4 is 0 Å². The fraction of sp³-hybridized carbons (Fsp3) is 0.0833. The van der Waals surface area contributed by atoms with Crippen molar-refractivity contribution in [2.45, 2.75) is 10.6 Å². The Morgan fingerprint density at radius 2 is 1.83 bits per heavy atom. The minimum Gasteiger partial charge on any atom is -0.478 e. The number of benzene rings is 1. The molecular weight excluding hydrogens is 256 g/mol. The molecule has 0 aliphatic heterocycles. The molecule has 5 nitrogen and oxygen atoms in total. The highest BCUT2D eigenvalue weighted by Gasteiger charge is 2.22. The van der Waals surface area contributed by atoms with E-state index >= 15 is 0 Å². The third-order valence-corrected chi connectivity index (χ3v) is 4.03. The maximum atomic E-state index is 12.0. The molecule has 0 fully saturated rings. The van der Waals surface area contributed by atoms with Crippen molar-refractivity contribution in [3.8, 4) is 0 Å². The van der Waals surface area contributed by atoms with Crippen LogP contribution >= 0.6 is 0 Å². The summed E-state index contributed by atoms with van der Waals surface area (Å²) < 4.78 is 29.0. The molecule has 0 radical (unpaired) electrons. The fourth-order valence-electron chi connectivity index (χ4n) is 1.53. The van der Waals surface area contributed by atoms with Gasteiger partial charge in [0.2, 0.25) is 0 Å². The van der Waals surface area contributed by atoms with E-state index in [4.69, 9.17) is 9.52 Å². The van der Waals surface area contributed by atoms with Gasteiger partial charge in [-0.15, -0.1) is 0 Å². The van der Waals surface area contributed by atoms with E-state index in [9.17, 15) is 13.2 Å². The first-order valence-corrected chi connectivity index (χ1v) is 6.73. The number of furan rings is 1. The van der Waals surface area contributed by atoms with Crippen LogP contribution in [0.15, 0.2) is 52.0 Å². The number of rotatable bonds is 4. The molecule has 1 aromatic carbocycles. The molecule has 0 saturated carbocycles. The Balaban J connectivity index is 2.34. The number of carboxylic acids is 1. The van der Waals surface area contributed by atoms with E-state index in [2.05, 4.69) is 0 Å². The van der Waals surface area contributed by atoms with E-state index in [1.54, 1.807) is 18.2 Å². The van der Waals surface area contributed by atoms with Crippen LogP contribution in [-0.2, 0) is 15.6 Å². The molecule has 0 saturated heterocycles. The molecule has 2 aromatic rings. The van der Waals surface area contributed by atoms with E-state index in [1.807, 2.05) is 0 Å². The smallest absolute Gasteiger partial charge is 0.339 e. The van der Waals surface area contributed by atoms with Gasteiger partial charge in [-0.2, -0.15) is 0 Å². The second-order valence-corrected chi connectivity index (χ2v) is 5.62. The van der Waals surface area contributed by atoms with Gasteiger partial charge in [0.15, 0.2) is 9.84 Å². The van der Waals surface area contributed by atoms with Gasteiger partial charge < -0.3 is 9.52 Å². The Morgan fingerprint density at radius 1 is 1.17 bits per heavy atom. The van der Waals surface area contributed by atoms with Gasteiger partial charge in [0.1, 0.15) is 17.1 Å². The van der Waals surface area contributed by atoms with Crippen LogP contribution in [0.3, 0.4) is 0 Å². The second kappa shape index (κ2) is 4.66. The van der Waals surface area contributed by atoms with E-state index in [1.165, 1.54) is 24.5 Å². The molecule has 94 valence electrons. The number of sulfone groups is 1. The summed E-state index contributed by atoms with van der Waals surface area (Å²) >= 11 is 0. The zero-order chi connectivity index (χ0) is 13.2. The lowest BCUT2D eigenvalue weighted by Crippen LogP contribution is -2.07. The molecule has 0 aliphatic rings. The molecule has 2 rings (SSSR count). The number of hydrogen-bond acceptors (Lipinski definition) is 4. The van der Waals surface area contributed by atoms with Gasteiger partial charge in [0, 0.05) is 0 Å². The van der Waals surface area contributed by atoms with E-state index in [0.29, 0.717) is 0 Å². The molecule has 0 amide bonds. The monoisotopic (exact) mass is 266 g/mol. The van der Waals surface area contributed by atoms with Crippen molar-refractivity contribution in [2.24, 2.45) is 0 Å². The van der Waals surface area contributed by atoms with E-state index in [-0.39, 0.29) is 16.2 Å². The topological polar surface area (TPSA) is 84.6 Å². The summed E-state index contributed by atoms with van der Waals surface area (Å²) in [7, 11) is -3.60. The van der Waals surface area contributed by atoms with E-state index in [0.717, 1.165) is 0 Å². The summed E-state index contributed by atoms with van der Waals surface area (Å²) in [6, 6.07) is 9.06. The third kappa shape index (κ3) is 2.43. The molecule has 1 heterocycles. The normalized spacial score (nSPS) is 11.3. The minimum atomic E-state index is -3.60.